The van der Waals surface area contributed by atoms with Gasteiger partial charge in [0, 0.05) is 0 Å². The molecule has 6 heteroatoms. The second kappa shape index (κ2) is 11.6. The van der Waals surface area contributed by atoms with Gasteiger partial charge in [-0.15, -0.1) is 0 Å². The van der Waals surface area contributed by atoms with Gasteiger partial charge in [0.1, 0.15) is 0 Å². The van der Waals surface area contributed by atoms with Crippen LogP contribution in [0, 0.1) is 0 Å². The van der Waals surface area contributed by atoms with E-state index in [0.717, 1.165) is 19.3 Å². The zero-order valence-corrected chi connectivity index (χ0v) is 13.0. The van der Waals surface area contributed by atoms with E-state index in [9.17, 15) is 8.42 Å². The quantitative estimate of drug-likeness (QED) is 0.417. The molecule has 0 fully saturated rings. The SMILES string of the molecule is CCCCCCCCC(CC)OCCOS(=O)(=O)O. The molecule has 19 heavy (non-hydrogen) atoms. The summed E-state index contributed by atoms with van der Waals surface area (Å²) in [5.41, 5.74) is 0. The van der Waals surface area contributed by atoms with E-state index >= 15 is 0 Å². The van der Waals surface area contributed by atoms with Crippen LogP contribution in [0.15, 0.2) is 0 Å². The summed E-state index contributed by atoms with van der Waals surface area (Å²) >= 11 is 0. The first-order chi connectivity index (χ1) is 8.99. The molecule has 0 spiro atoms. The molecule has 0 aliphatic rings. The van der Waals surface area contributed by atoms with E-state index in [4.69, 9.17) is 9.29 Å². The van der Waals surface area contributed by atoms with Gasteiger partial charge < -0.3 is 4.74 Å². The minimum Gasteiger partial charge on any atom is -0.376 e. The standard InChI is InChI=1S/C13H28O5S/c1-3-5-6-7-8-9-10-13(4-2)17-11-12-18-19(14,15)16/h13H,3-12H2,1-2H3,(H,14,15,16). The number of ether oxygens (including phenoxy) is 1. The van der Waals surface area contributed by atoms with E-state index < -0.39 is 10.4 Å². The lowest BCUT2D eigenvalue weighted by Gasteiger charge is -2.15. The molecular weight excluding hydrogens is 268 g/mol. The highest BCUT2D eigenvalue weighted by atomic mass is 32.3. The van der Waals surface area contributed by atoms with Gasteiger partial charge >= 0.3 is 10.4 Å². The van der Waals surface area contributed by atoms with Gasteiger partial charge in [-0.2, -0.15) is 8.42 Å². The molecule has 0 amide bonds. The molecule has 1 unspecified atom stereocenters. The number of unbranched alkanes of at least 4 members (excludes halogenated alkanes) is 5. The predicted octanol–water partition coefficient (Wildman–Crippen LogP) is 3.35. The van der Waals surface area contributed by atoms with Crippen LogP contribution in [0.2, 0.25) is 0 Å². The third-order valence-corrected chi connectivity index (χ3v) is 3.47. The highest BCUT2D eigenvalue weighted by Gasteiger charge is 2.08. The molecule has 0 aromatic heterocycles. The molecule has 0 heterocycles. The molecule has 1 atom stereocenters. The third-order valence-electron chi connectivity index (χ3n) is 3.00. The second-order valence-corrected chi connectivity index (χ2v) is 5.80. The summed E-state index contributed by atoms with van der Waals surface area (Å²) in [5.74, 6) is 0. The molecule has 5 nitrogen and oxygen atoms in total. The maximum atomic E-state index is 10.3. The van der Waals surface area contributed by atoms with Crippen LogP contribution in [0.4, 0.5) is 0 Å². The fourth-order valence-corrected chi connectivity index (χ4v) is 2.19. The lowest BCUT2D eigenvalue weighted by Crippen LogP contribution is -2.17. The molecule has 0 aromatic rings. The lowest BCUT2D eigenvalue weighted by molar-refractivity contribution is 0.0245. The van der Waals surface area contributed by atoms with Gasteiger partial charge in [-0.05, 0) is 12.8 Å². The molecule has 0 aliphatic heterocycles. The summed E-state index contributed by atoms with van der Waals surface area (Å²) in [7, 11) is -4.34. The van der Waals surface area contributed by atoms with E-state index in [-0.39, 0.29) is 19.3 Å². The zero-order chi connectivity index (χ0) is 14.6. The lowest BCUT2D eigenvalue weighted by atomic mass is 10.1. The van der Waals surface area contributed by atoms with E-state index in [1.807, 2.05) is 6.92 Å². The van der Waals surface area contributed by atoms with E-state index in [1.54, 1.807) is 0 Å². The Bertz CT molecular complexity index is 289. The molecule has 0 saturated heterocycles. The first-order valence-corrected chi connectivity index (χ1v) is 8.59. The van der Waals surface area contributed by atoms with Crippen molar-refractivity contribution in [3.05, 3.63) is 0 Å². The molecule has 0 rings (SSSR count). The van der Waals surface area contributed by atoms with Crippen LogP contribution >= 0.6 is 0 Å². The van der Waals surface area contributed by atoms with Crippen molar-refractivity contribution in [1.29, 1.82) is 0 Å². The first-order valence-electron chi connectivity index (χ1n) is 7.23. The van der Waals surface area contributed by atoms with E-state index in [0.29, 0.717) is 0 Å². The summed E-state index contributed by atoms with van der Waals surface area (Å²) in [6.07, 6.45) is 9.55. The van der Waals surface area contributed by atoms with Crippen LogP contribution in [0.3, 0.4) is 0 Å². The fraction of sp³-hybridized carbons (Fsp3) is 1.00. The smallest absolute Gasteiger partial charge is 0.376 e. The summed E-state index contributed by atoms with van der Waals surface area (Å²) in [4.78, 5) is 0. The zero-order valence-electron chi connectivity index (χ0n) is 12.1. The molecular formula is C13H28O5S. The average Bonchev–Trinajstić information content (AvgIpc) is 2.34. The van der Waals surface area contributed by atoms with Gasteiger partial charge in [-0.25, -0.2) is 4.18 Å². The molecule has 1 N–H and O–H groups in total. The summed E-state index contributed by atoms with van der Waals surface area (Å²) < 4.78 is 38.7. The number of hydrogen-bond donors (Lipinski definition) is 1. The van der Waals surface area contributed by atoms with Crippen LogP contribution in [-0.4, -0.2) is 32.3 Å². The van der Waals surface area contributed by atoms with Gasteiger partial charge in [-0.1, -0.05) is 52.4 Å². The van der Waals surface area contributed by atoms with Gasteiger partial charge in [0.25, 0.3) is 0 Å². The van der Waals surface area contributed by atoms with Crippen molar-refractivity contribution in [3.8, 4) is 0 Å². The topological polar surface area (TPSA) is 72.8 Å². The maximum absolute atomic E-state index is 10.3. The maximum Gasteiger partial charge on any atom is 0.397 e. The monoisotopic (exact) mass is 296 g/mol. The Kier molecular flexibility index (Phi) is 11.5. The van der Waals surface area contributed by atoms with E-state index in [1.165, 1.54) is 32.1 Å². The van der Waals surface area contributed by atoms with Crippen molar-refractivity contribution in [3.63, 3.8) is 0 Å². The molecule has 116 valence electrons. The van der Waals surface area contributed by atoms with Crippen molar-refractivity contribution in [2.24, 2.45) is 0 Å². The van der Waals surface area contributed by atoms with E-state index in [2.05, 4.69) is 11.1 Å². The molecule has 0 radical (unpaired) electrons. The van der Waals surface area contributed by atoms with Crippen molar-refractivity contribution < 1.29 is 21.9 Å². The van der Waals surface area contributed by atoms with Crippen LogP contribution < -0.4 is 0 Å². The highest BCUT2D eigenvalue weighted by molar-refractivity contribution is 7.80. The summed E-state index contributed by atoms with van der Waals surface area (Å²) in [6, 6.07) is 0. The van der Waals surface area contributed by atoms with Gasteiger partial charge in [0.2, 0.25) is 0 Å². The Morgan fingerprint density at radius 1 is 1.00 bits per heavy atom. The fourth-order valence-electron chi connectivity index (χ4n) is 1.91. The van der Waals surface area contributed by atoms with Gasteiger partial charge in [0.05, 0.1) is 19.3 Å². The van der Waals surface area contributed by atoms with Crippen molar-refractivity contribution >= 4 is 10.4 Å². The minimum atomic E-state index is -4.34. The van der Waals surface area contributed by atoms with Crippen molar-refractivity contribution in [2.45, 2.75) is 71.3 Å². The first kappa shape index (κ1) is 18.8. The largest absolute Gasteiger partial charge is 0.397 e. The normalized spacial score (nSPS) is 13.6. The molecule has 0 saturated carbocycles. The van der Waals surface area contributed by atoms with Crippen molar-refractivity contribution in [2.75, 3.05) is 13.2 Å². The molecule has 0 aliphatic carbocycles. The van der Waals surface area contributed by atoms with Crippen LogP contribution in [-0.2, 0) is 19.3 Å². The number of rotatable bonds is 13. The molecule has 0 bridgehead atoms. The van der Waals surface area contributed by atoms with Crippen LogP contribution in [0.25, 0.3) is 0 Å². The number of hydrogen-bond acceptors (Lipinski definition) is 4. The predicted molar refractivity (Wildman–Crippen MR) is 75.5 cm³/mol. The Hall–Kier alpha value is -0.170. The Labute approximate surface area is 117 Å². The minimum absolute atomic E-state index is 0.133. The van der Waals surface area contributed by atoms with Gasteiger partial charge in [0.15, 0.2) is 0 Å². The Morgan fingerprint density at radius 2 is 1.63 bits per heavy atom. The molecule has 0 aromatic carbocycles. The second-order valence-electron chi connectivity index (χ2n) is 4.71. The van der Waals surface area contributed by atoms with Crippen LogP contribution in [0.1, 0.15) is 65.2 Å². The Morgan fingerprint density at radius 3 is 2.21 bits per heavy atom. The third kappa shape index (κ3) is 14.1. The summed E-state index contributed by atoms with van der Waals surface area (Å²) in [5, 5.41) is 0. The summed E-state index contributed by atoms with van der Waals surface area (Å²) in [6.45, 7) is 4.31. The van der Waals surface area contributed by atoms with Crippen molar-refractivity contribution in [1.82, 2.24) is 0 Å². The van der Waals surface area contributed by atoms with Crippen LogP contribution in [0.5, 0.6) is 0 Å². The Balaban J connectivity index is 3.50. The highest BCUT2D eigenvalue weighted by Crippen LogP contribution is 2.12. The van der Waals surface area contributed by atoms with Gasteiger partial charge in [-0.3, -0.25) is 4.55 Å². The average molecular weight is 296 g/mol.